The summed E-state index contributed by atoms with van der Waals surface area (Å²) < 4.78 is 5.30. The highest BCUT2D eigenvalue weighted by Gasteiger charge is 2.04. The number of hydrogen-bond acceptors (Lipinski definition) is 5. The molecule has 0 aliphatic heterocycles. The van der Waals surface area contributed by atoms with Gasteiger partial charge in [-0.25, -0.2) is 4.98 Å². The maximum atomic E-state index is 5.63. The van der Waals surface area contributed by atoms with Crippen molar-refractivity contribution < 1.29 is 0 Å². The Bertz CT molecular complexity index is 451. The molecule has 16 heavy (non-hydrogen) atoms. The maximum absolute atomic E-state index is 5.63. The van der Waals surface area contributed by atoms with Crippen molar-refractivity contribution >= 4 is 29.0 Å². The summed E-state index contributed by atoms with van der Waals surface area (Å²) in [7, 11) is 0. The Morgan fingerprint density at radius 2 is 2.06 bits per heavy atom. The molecule has 84 valence electrons. The highest BCUT2D eigenvalue weighted by Crippen LogP contribution is 2.29. The van der Waals surface area contributed by atoms with E-state index in [1.165, 1.54) is 11.5 Å². The minimum Gasteiger partial charge on any atom is -0.399 e. The topological polar surface area (TPSA) is 51.8 Å². The molecular weight excluding hydrogens is 238 g/mol. The van der Waals surface area contributed by atoms with Gasteiger partial charge in [0.05, 0.1) is 0 Å². The predicted octanol–water partition coefficient (Wildman–Crippen LogP) is 3.22. The van der Waals surface area contributed by atoms with E-state index in [2.05, 4.69) is 16.3 Å². The van der Waals surface area contributed by atoms with Crippen molar-refractivity contribution in [3.8, 4) is 0 Å². The molecule has 0 bridgehead atoms. The molecule has 1 heterocycles. The smallest absolute Gasteiger partial charge is 0.174 e. The van der Waals surface area contributed by atoms with Gasteiger partial charge in [0.25, 0.3) is 0 Å². The summed E-state index contributed by atoms with van der Waals surface area (Å²) in [6.07, 6.45) is 2.04. The molecule has 0 fully saturated rings. The summed E-state index contributed by atoms with van der Waals surface area (Å²) in [4.78, 5) is 5.60. The van der Waals surface area contributed by atoms with Crippen molar-refractivity contribution in [1.82, 2.24) is 9.36 Å². The quantitative estimate of drug-likeness (QED) is 0.848. The SMILES string of the molecule is CCCc1nsc(Sc2ccc(N)cc2)n1. The number of anilines is 1. The summed E-state index contributed by atoms with van der Waals surface area (Å²) in [6, 6.07) is 7.80. The number of benzene rings is 1. The number of nitrogens with two attached hydrogens (primary N) is 1. The van der Waals surface area contributed by atoms with E-state index < -0.39 is 0 Å². The number of nitrogen functional groups attached to an aromatic ring is 1. The second-order valence-electron chi connectivity index (χ2n) is 3.40. The highest BCUT2D eigenvalue weighted by atomic mass is 32.2. The predicted molar refractivity (Wildman–Crippen MR) is 68.9 cm³/mol. The van der Waals surface area contributed by atoms with E-state index in [0.717, 1.165) is 33.6 Å². The van der Waals surface area contributed by atoms with Crippen molar-refractivity contribution in [2.45, 2.75) is 29.0 Å². The highest BCUT2D eigenvalue weighted by molar-refractivity contribution is 8.01. The van der Waals surface area contributed by atoms with Crippen molar-refractivity contribution in [1.29, 1.82) is 0 Å². The molecule has 5 heteroatoms. The van der Waals surface area contributed by atoms with Gasteiger partial charge in [0.1, 0.15) is 5.82 Å². The van der Waals surface area contributed by atoms with Gasteiger partial charge in [0.15, 0.2) is 4.34 Å². The van der Waals surface area contributed by atoms with Crippen LogP contribution < -0.4 is 5.73 Å². The average molecular weight is 251 g/mol. The lowest BCUT2D eigenvalue weighted by Crippen LogP contribution is -1.85. The third kappa shape index (κ3) is 2.96. The zero-order valence-corrected chi connectivity index (χ0v) is 10.6. The summed E-state index contributed by atoms with van der Waals surface area (Å²) >= 11 is 3.09. The van der Waals surface area contributed by atoms with Crippen LogP contribution in [-0.2, 0) is 6.42 Å². The molecule has 2 aromatic rings. The van der Waals surface area contributed by atoms with Crippen molar-refractivity contribution in [3.05, 3.63) is 30.1 Å². The number of hydrogen-bond donors (Lipinski definition) is 1. The van der Waals surface area contributed by atoms with Crippen LogP contribution in [0.15, 0.2) is 33.5 Å². The Morgan fingerprint density at radius 1 is 1.31 bits per heavy atom. The number of nitrogens with zero attached hydrogens (tertiary/aromatic N) is 2. The first-order chi connectivity index (χ1) is 7.78. The van der Waals surface area contributed by atoms with Gasteiger partial charge >= 0.3 is 0 Å². The molecular formula is C11H13N3S2. The van der Waals surface area contributed by atoms with E-state index in [9.17, 15) is 0 Å². The fourth-order valence-electron chi connectivity index (χ4n) is 1.24. The minimum absolute atomic E-state index is 0.785. The zero-order chi connectivity index (χ0) is 11.4. The Morgan fingerprint density at radius 3 is 2.75 bits per heavy atom. The third-order valence-corrected chi connectivity index (χ3v) is 3.81. The molecule has 1 aromatic heterocycles. The van der Waals surface area contributed by atoms with Crippen molar-refractivity contribution in [2.24, 2.45) is 0 Å². The third-order valence-electron chi connectivity index (χ3n) is 2.01. The Labute approximate surface area is 103 Å². The van der Waals surface area contributed by atoms with Crippen LogP contribution in [-0.4, -0.2) is 9.36 Å². The van der Waals surface area contributed by atoms with Gasteiger partial charge in [0.2, 0.25) is 0 Å². The van der Waals surface area contributed by atoms with E-state index in [4.69, 9.17) is 5.73 Å². The first kappa shape index (κ1) is 11.4. The number of aromatic nitrogens is 2. The Hall–Kier alpha value is -1.07. The van der Waals surface area contributed by atoms with Gasteiger partial charge in [-0.3, -0.25) is 0 Å². The molecule has 0 spiro atoms. The van der Waals surface area contributed by atoms with Crippen LogP contribution in [0.3, 0.4) is 0 Å². The van der Waals surface area contributed by atoms with Gasteiger partial charge in [0, 0.05) is 17.0 Å². The lowest BCUT2D eigenvalue weighted by atomic mass is 10.3. The van der Waals surface area contributed by atoms with Crippen LogP contribution >= 0.6 is 23.3 Å². The molecule has 0 aliphatic carbocycles. The lowest BCUT2D eigenvalue weighted by molar-refractivity contribution is 0.850. The number of aryl methyl sites for hydroxylation is 1. The monoisotopic (exact) mass is 251 g/mol. The van der Waals surface area contributed by atoms with Crippen LogP contribution in [0, 0.1) is 0 Å². The van der Waals surface area contributed by atoms with E-state index in [1.807, 2.05) is 24.3 Å². The van der Waals surface area contributed by atoms with Crippen LogP contribution in [0.2, 0.25) is 0 Å². The zero-order valence-electron chi connectivity index (χ0n) is 9.01. The molecule has 2 rings (SSSR count). The molecule has 0 radical (unpaired) electrons. The summed E-state index contributed by atoms with van der Waals surface area (Å²) in [5.41, 5.74) is 6.41. The molecule has 0 aliphatic rings. The van der Waals surface area contributed by atoms with E-state index >= 15 is 0 Å². The van der Waals surface area contributed by atoms with E-state index in [1.54, 1.807) is 11.8 Å². The van der Waals surface area contributed by atoms with Gasteiger partial charge in [-0.2, -0.15) is 4.37 Å². The second kappa shape index (κ2) is 5.32. The van der Waals surface area contributed by atoms with Crippen LogP contribution in [0.25, 0.3) is 0 Å². The second-order valence-corrected chi connectivity index (χ2v) is 5.47. The van der Waals surface area contributed by atoms with Crippen molar-refractivity contribution in [2.75, 3.05) is 5.73 Å². The molecule has 0 saturated carbocycles. The largest absolute Gasteiger partial charge is 0.399 e. The summed E-state index contributed by atoms with van der Waals surface area (Å²) in [6.45, 7) is 2.13. The molecule has 0 unspecified atom stereocenters. The van der Waals surface area contributed by atoms with Gasteiger partial charge in [-0.05, 0) is 42.2 Å². The average Bonchev–Trinajstić information content (AvgIpc) is 2.70. The minimum atomic E-state index is 0.785. The molecule has 2 N–H and O–H groups in total. The fraction of sp³-hybridized carbons (Fsp3) is 0.273. The van der Waals surface area contributed by atoms with Crippen LogP contribution in [0.4, 0.5) is 5.69 Å². The Balaban J connectivity index is 2.05. The summed E-state index contributed by atoms with van der Waals surface area (Å²) in [5, 5.41) is 0. The molecule has 3 nitrogen and oxygen atoms in total. The van der Waals surface area contributed by atoms with Gasteiger partial charge in [-0.15, -0.1) is 0 Å². The Kier molecular flexibility index (Phi) is 3.79. The van der Waals surface area contributed by atoms with Crippen molar-refractivity contribution in [3.63, 3.8) is 0 Å². The summed E-state index contributed by atoms with van der Waals surface area (Å²) in [5.74, 6) is 0.949. The first-order valence-corrected chi connectivity index (χ1v) is 6.73. The molecule has 0 atom stereocenters. The van der Waals surface area contributed by atoms with Gasteiger partial charge < -0.3 is 5.73 Å². The van der Waals surface area contributed by atoms with E-state index in [-0.39, 0.29) is 0 Å². The first-order valence-electron chi connectivity index (χ1n) is 5.14. The normalized spacial score (nSPS) is 10.6. The fourth-order valence-corrected chi connectivity index (χ4v) is 2.88. The molecule has 1 aromatic carbocycles. The van der Waals surface area contributed by atoms with E-state index in [0.29, 0.717) is 0 Å². The van der Waals surface area contributed by atoms with Crippen LogP contribution in [0.5, 0.6) is 0 Å². The maximum Gasteiger partial charge on any atom is 0.174 e. The molecule has 0 amide bonds. The lowest BCUT2D eigenvalue weighted by Gasteiger charge is -1.97. The van der Waals surface area contributed by atoms with Gasteiger partial charge in [-0.1, -0.05) is 18.7 Å². The molecule has 0 saturated heterocycles. The number of rotatable bonds is 4. The van der Waals surface area contributed by atoms with Crippen LogP contribution in [0.1, 0.15) is 19.2 Å². The standard InChI is InChI=1S/C11H13N3S2/c1-2-3-10-13-11(16-14-10)15-9-6-4-8(12)5-7-9/h4-7H,2-3,12H2,1H3.